The van der Waals surface area contributed by atoms with E-state index < -0.39 is 5.82 Å². The normalized spacial score (nSPS) is 16.6. The molecule has 1 aliphatic carbocycles. The van der Waals surface area contributed by atoms with Crippen molar-refractivity contribution in [1.82, 2.24) is 10.2 Å². The number of hydrogen-bond donors (Lipinski definition) is 2. The number of nitrogens with zero attached hydrogens (tertiary/aromatic N) is 1. The van der Waals surface area contributed by atoms with E-state index in [2.05, 4.69) is 15.5 Å². The van der Waals surface area contributed by atoms with E-state index in [4.69, 9.17) is 0 Å². The number of amides is 1. The van der Waals surface area contributed by atoms with E-state index in [1.54, 1.807) is 19.2 Å². The molecule has 0 aromatic heterocycles. The molecule has 0 atom stereocenters. The summed E-state index contributed by atoms with van der Waals surface area (Å²) in [5, 5.41) is 5.68. The van der Waals surface area contributed by atoms with Crippen LogP contribution in [0, 0.1) is 5.82 Å². The SMILES string of the molecule is CNc1c(F)cccc1C(=O)NCC1(N(C)C)CCC1. The van der Waals surface area contributed by atoms with Gasteiger partial charge in [0.15, 0.2) is 0 Å². The van der Waals surface area contributed by atoms with Gasteiger partial charge in [-0.25, -0.2) is 4.39 Å². The van der Waals surface area contributed by atoms with Crippen LogP contribution in [0.4, 0.5) is 10.1 Å². The van der Waals surface area contributed by atoms with Gasteiger partial charge in [0.25, 0.3) is 5.91 Å². The van der Waals surface area contributed by atoms with Crippen LogP contribution in [-0.4, -0.2) is 44.0 Å². The number of hydrogen-bond acceptors (Lipinski definition) is 3. The number of carbonyl (C=O) groups excluding carboxylic acids is 1. The smallest absolute Gasteiger partial charge is 0.253 e. The first kappa shape index (κ1) is 14.8. The predicted molar refractivity (Wildman–Crippen MR) is 78.5 cm³/mol. The van der Waals surface area contributed by atoms with E-state index in [9.17, 15) is 9.18 Å². The second-order valence-corrected chi connectivity index (χ2v) is 5.57. The van der Waals surface area contributed by atoms with E-state index in [-0.39, 0.29) is 17.1 Å². The Morgan fingerprint density at radius 1 is 1.40 bits per heavy atom. The highest BCUT2D eigenvalue weighted by Crippen LogP contribution is 2.35. The zero-order valence-corrected chi connectivity index (χ0v) is 12.3. The lowest BCUT2D eigenvalue weighted by Crippen LogP contribution is -2.57. The van der Waals surface area contributed by atoms with Gasteiger partial charge in [0.1, 0.15) is 5.82 Å². The van der Waals surface area contributed by atoms with Gasteiger partial charge in [0, 0.05) is 19.1 Å². The molecule has 0 bridgehead atoms. The molecular formula is C15H22FN3O. The van der Waals surface area contributed by atoms with E-state index in [1.165, 1.54) is 12.5 Å². The summed E-state index contributed by atoms with van der Waals surface area (Å²) in [6.45, 7) is 0.596. The molecule has 110 valence electrons. The van der Waals surface area contributed by atoms with Gasteiger partial charge in [-0.3, -0.25) is 4.79 Å². The minimum atomic E-state index is -0.411. The summed E-state index contributed by atoms with van der Waals surface area (Å²) in [5.74, 6) is -0.645. The number of carbonyl (C=O) groups is 1. The highest BCUT2D eigenvalue weighted by atomic mass is 19.1. The highest BCUT2D eigenvalue weighted by Gasteiger charge is 2.39. The fraction of sp³-hybridized carbons (Fsp3) is 0.533. The molecule has 0 radical (unpaired) electrons. The van der Waals surface area contributed by atoms with Crippen molar-refractivity contribution in [2.45, 2.75) is 24.8 Å². The Balaban J connectivity index is 2.08. The van der Waals surface area contributed by atoms with Crippen molar-refractivity contribution in [3.8, 4) is 0 Å². The third kappa shape index (κ3) is 2.63. The third-order valence-electron chi connectivity index (χ3n) is 4.32. The largest absolute Gasteiger partial charge is 0.385 e. The summed E-state index contributed by atoms with van der Waals surface area (Å²) >= 11 is 0. The van der Waals surface area contributed by atoms with Crippen LogP contribution in [0.5, 0.6) is 0 Å². The fourth-order valence-corrected chi connectivity index (χ4v) is 2.67. The summed E-state index contributed by atoms with van der Waals surface area (Å²) in [5.41, 5.74) is 0.654. The Labute approximate surface area is 119 Å². The van der Waals surface area contributed by atoms with Gasteiger partial charge in [0.2, 0.25) is 0 Å². The first-order chi connectivity index (χ1) is 9.50. The van der Waals surface area contributed by atoms with Crippen molar-refractivity contribution < 1.29 is 9.18 Å². The minimum absolute atomic E-state index is 0.0583. The van der Waals surface area contributed by atoms with Crippen LogP contribution in [0.15, 0.2) is 18.2 Å². The monoisotopic (exact) mass is 279 g/mol. The van der Waals surface area contributed by atoms with E-state index in [0.717, 1.165) is 12.8 Å². The number of likely N-dealkylation sites (N-methyl/N-ethyl adjacent to an activating group) is 1. The molecule has 4 nitrogen and oxygen atoms in total. The van der Waals surface area contributed by atoms with Crippen molar-refractivity contribution in [2.75, 3.05) is 33.0 Å². The van der Waals surface area contributed by atoms with Crippen LogP contribution in [0.1, 0.15) is 29.6 Å². The quantitative estimate of drug-likeness (QED) is 0.867. The molecule has 0 heterocycles. The van der Waals surface area contributed by atoms with Gasteiger partial charge >= 0.3 is 0 Å². The van der Waals surface area contributed by atoms with E-state index in [1.807, 2.05) is 14.1 Å². The van der Waals surface area contributed by atoms with Crippen molar-refractivity contribution in [1.29, 1.82) is 0 Å². The maximum Gasteiger partial charge on any atom is 0.253 e. The lowest BCUT2D eigenvalue weighted by Gasteiger charge is -2.47. The first-order valence-corrected chi connectivity index (χ1v) is 6.92. The molecule has 1 aromatic carbocycles. The number of benzene rings is 1. The van der Waals surface area contributed by atoms with Crippen LogP contribution in [-0.2, 0) is 0 Å². The van der Waals surface area contributed by atoms with Gasteiger partial charge in [-0.1, -0.05) is 6.07 Å². The predicted octanol–water partition coefficient (Wildman–Crippen LogP) is 2.08. The Hall–Kier alpha value is -1.62. The molecule has 1 saturated carbocycles. The molecular weight excluding hydrogens is 257 g/mol. The number of nitrogens with one attached hydrogen (secondary N) is 2. The number of halogens is 1. The third-order valence-corrected chi connectivity index (χ3v) is 4.32. The zero-order valence-electron chi connectivity index (χ0n) is 12.3. The van der Waals surface area contributed by atoms with E-state index >= 15 is 0 Å². The van der Waals surface area contributed by atoms with Crippen LogP contribution < -0.4 is 10.6 Å². The summed E-state index contributed by atoms with van der Waals surface area (Å²) < 4.78 is 13.6. The second-order valence-electron chi connectivity index (χ2n) is 5.57. The second kappa shape index (κ2) is 5.79. The van der Waals surface area contributed by atoms with Crippen molar-refractivity contribution in [3.63, 3.8) is 0 Å². The van der Waals surface area contributed by atoms with Crippen molar-refractivity contribution in [2.24, 2.45) is 0 Å². The number of rotatable bonds is 5. The fourth-order valence-electron chi connectivity index (χ4n) is 2.67. The lowest BCUT2D eigenvalue weighted by molar-refractivity contribution is 0.0558. The maximum absolute atomic E-state index is 13.6. The molecule has 0 aliphatic heterocycles. The zero-order chi connectivity index (χ0) is 14.8. The first-order valence-electron chi connectivity index (χ1n) is 6.92. The average molecular weight is 279 g/mol. The van der Waals surface area contributed by atoms with Crippen LogP contribution in [0.2, 0.25) is 0 Å². The molecule has 1 fully saturated rings. The molecule has 20 heavy (non-hydrogen) atoms. The summed E-state index contributed by atoms with van der Waals surface area (Å²) in [6.07, 6.45) is 3.36. The van der Waals surface area contributed by atoms with Crippen LogP contribution in [0.25, 0.3) is 0 Å². The summed E-state index contributed by atoms with van der Waals surface area (Å²) in [7, 11) is 5.68. The van der Waals surface area contributed by atoms with Crippen molar-refractivity contribution in [3.05, 3.63) is 29.6 Å². The van der Waals surface area contributed by atoms with Gasteiger partial charge in [-0.05, 0) is 45.5 Å². The molecule has 1 amide bonds. The Kier molecular flexibility index (Phi) is 4.28. The minimum Gasteiger partial charge on any atom is -0.385 e. The number of anilines is 1. The van der Waals surface area contributed by atoms with Gasteiger partial charge in [-0.2, -0.15) is 0 Å². The summed E-state index contributed by atoms with van der Waals surface area (Å²) in [4.78, 5) is 14.4. The Morgan fingerprint density at radius 2 is 2.10 bits per heavy atom. The lowest BCUT2D eigenvalue weighted by atomic mass is 9.75. The van der Waals surface area contributed by atoms with Crippen LogP contribution >= 0.6 is 0 Å². The van der Waals surface area contributed by atoms with Gasteiger partial charge in [0.05, 0.1) is 11.3 Å². The number of para-hydroxylation sites is 1. The van der Waals surface area contributed by atoms with Crippen molar-refractivity contribution >= 4 is 11.6 Å². The Bertz CT molecular complexity index is 498. The molecule has 1 aliphatic rings. The molecule has 2 rings (SSSR count). The van der Waals surface area contributed by atoms with Gasteiger partial charge in [-0.15, -0.1) is 0 Å². The van der Waals surface area contributed by atoms with Crippen LogP contribution in [0.3, 0.4) is 0 Å². The molecule has 5 heteroatoms. The topological polar surface area (TPSA) is 44.4 Å². The molecule has 0 unspecified atom stereocenters. The maximum atomic E-state index is 13.6. The molecule has 0 spiro atoms. The average Bonchev–Trinajstić information content (AvgIpc) is 2.36. The summed E-state index contributed by atoms with van der Waals surface area (Å²) in [6, 6.07) is 4.53. The molecule has 2 N–H and O–H groups in total. The van der Waals surface area contributed by atoms with E-state index in [0.29, 0.717) is 12.1 Å². The highest BCUT2D eigenvalue weighted by molar-refractivity contribution is 5.99. The molecule has 0 saturated heterocycles. The molecule has 1 aromatic rings. The standard InChI is InChI=1S/C15H22FN3O/c1-17-13-11(6-4-7-12(13)16)14(20)18-10-15(19(2)3)8-5-9-15/h4,6-7,17H,5,8-10H2,1-3H3,(H,18,20). The van der Waals surface area contributed by atoms with Gasteiger partial charge < -0.3 is 15.5 Å². The Morgan fingerprint density at radius 3 is 2.60 bits per heavy atom.